The molecule has 0 aromatic carbocycles. The highest BCUT2D eigenvalue weighted by Crippen LogP contribution is 2.59. The van der Waals surface area contributed by atoms with E-state index in [9.17, 15) is 0 Å². The van der Waals surface area contributed by atoms with Gasteiger partial charge in [-0.25, -0.2) is 0 Å². The highest BCUT2D eigenvalue weighted by Gasteiger charge is 2.50. The van der Waals surface area contributed by atoms with Gasteiger partial charge >= 0.3 is 0 Å². The van der Waals surface area contributed by atoms with Crippen molar-refractivity contribution in [2.75, 3.05) is 0 Å². The van der Waals surface area contributed by atoms with Crippen LogP contribution in [0.4, 0.5) is 0 Å². The van der Waals surface area contributed by atoms with Crippen LogP contribution in [0, 0.1) is 35.0 Å². The SMILES string of the molecule is C=C=C1CCCC2(C)C1CCC2C(C)CC(C)CC(C)C. The molecule has 21 heavy (non-hydrogen) atoms. The molecule has 2 aliphatic rings. The largest absolute Gasteiger partial charge is 0.129 e. The molecule has 0 aromatic rings. The summed E-state index contributed by atoms with van der Waals surface area (Å²) in [5.74, 6) is 4.29. The van der Waals surface area contributed by atoms with Crippen LogP contribution >= 0.6 is 0 Å². The lowest BCUT2D eigenvalue weighted by Crippen LogP contribution is -2.36. The summed E-state index contributed by atoms with van der Waals surface area (Å²) in [6.45, 7) is 16.2. The van der Waals surface area contributed by atoms with E-state index in [1.807, 2.05) is 0 Å². The maximum atomic E-state index is 3.96. The summed E-state index contributed by atoms with van der Waals surface area (Å²) in [5.41, 5.74) is 5.38. The van der Waals surface area contributed by atoms with E-state index in [0.717, 1.165) is 29.6 Å². The van der Waals surface area contributed by atoms with Gasteiger partial charge in [-0.2, -0.15) is 0 Å². The fourth-order valence-corrected chi connectivity index (χ4v) is 5.88. The van der Waals surface area contributed by atoms with Crippen molar-refractivity contribution in [1.29, 1.82) is 0 Å². The Labute approximate surface area is 133 Å². The molecule has 0 bridgehead atoms. The highest BCUT2D eigenvalue weighted by atomic mass is 14.5. The first-order valence-electron chi connectivity index (χ1n) is 9.27. The lowest BCUT2D eigenvalue weighted by Gasteiger charge is -2.44. The third-order valence-electron chi connectivity index (χ3n) is 6.55. The maximum Gasteiger partial charge on any atom is -0.00705 e. The van der Waals surface area contributed by atoms with Crippen molar-refractivity contribution in [3.63, 3.8) is 0 Å². The minimum absolute atomic E-state index is 0.537. The summed E-state index contributed by atoms with van der Waals surface area (Å²) in [4.78, 5) is 0. The Bertz CT molecular complexity index is 398. The Kier molecular flexibility index (Phi) is 5.42. The van der Waals surface area contributed by atoms with E-state index in [4.69, 9.17) is 0 Å². The monoisotopic (exact) mass is 288 g/mol. The summed E-state index contributed by atoms with van der Waals surface area (Å²) in [5, 5.41) is 0. The number of rotatable bonds is 5. The van der Waals surface area contributed by atoms with Gasteiger partial charge in [0.05, 0.1) is 0 Å². The molecule has 0 saturated heterocycles. The molecule has 2 rings (SSSR count). The standard InChI is InChI=1S/C21H36/c1-7-18-9-8-12-21(6)19(10-11-20(18)21)17(5)14-16(4)13-15(2)3/h15-17,19-20H,1,8-14H2,2-6H3. The second-order valence-electron chi connectivity index (χ2n) is 8.75. The molecule has 5 unspecified atom stereocenters. The Morgan fingerprint density at radius 2 is 1.90 bits per heavy atom. The maximum absolute atomic E-state index is 3.96. The second-order valence-corrected chi connectivity index (χ2v) is 8.75. The van der Waals surface area contributed by atoms with Crippen LogP contribution in [0.3, 0.4) is 0 Å². The van der Waals surface area contributed by atoms with Crippen molar-refractivity contribution in [1.82, 2.24) is 0 Å². The van der Waals surface area contributed by atoms with E-state index < -0.39 is 0 Å². The molecule has 0 aliphatic heterocycles. The van der Waals surface area contributed by atoms with E-state index in [2.05, 4.69) is 46.9 Å². The van der Waals surface area contributed by atoms with Gasteiger partial charge in [-0.05, 0) is 85.5 Å². The van der Waals surface area contributed by atoms with Crippen molar-refractivity contribution in [2.45, 2.75) is 79.6 Å². The molecule has 0 aromatic heterocycles. The fourth-order valence-electron chi connectivity index (χ4n) is 5.88. The molecule has 0 heteroatoms. The zero-order valence-electron chi connectivity index (χ0n) is 15.0. The number of hydrogen-bond donors (Lipinski definition) is 0. The van der Waals surface area contributed by atoms with Crippen molar-refractivity contribution in [3.05, 3.63) is 17.9 Å². The second kappa shape index (κ2) is 6.74. The Balaban J connectivity index is 2.05. The number of allylic oxidation sites excluding steroid dienone is 1. The molecule has 2 saturated carbocycles. The van der Waals surface area contributed by atoms with Crippen molar-refractivity contribution in [3.8, 4) is 0 Å². The minimum atomic E-state index is 0.537. The summed E-state index contributed by atoms with van der Waals surface area (Å²) < 4.78 is 0. The lowest BCUT2D eigenvalue weighted by atomic mass is 9.60. The zero-order chi connectivity index (χ0) is 15.6. The Morgan fingerprint density at radius 1 is 1.19 bits per heavy atom. The molecular formula is C21H36. The third kappa shape index (κ3) is 3.48. The Morgan fingerprint density at radius 3 is 2.52 bits per heavy atom. The number of hydrogen-bond acceptors (Lipinski definition) is 0. The molecule has 0 N–H and O–H groups in total. The minimum Gasteiger partial charge on any atom is -0.129 e. The lowest BCUT2D eigenvalue weighted by molar-refractivity contribution is 0.0869. The van der Waals surface area contributed by atoms with Crippen LogP contribution in [-0.2, 0) is 0 Å². The average molecular weight is 289 g/mol. The first kappa shape index (κ1) is 16.9. The van der Waals surface area contributed by atoms with E-state index >= 15 is 0 Å². The van der Waals surface area contributed by atoms with Gasteiger partial charge < -0.3 is 0 Å². The van der Waals surface area contributed by atoms with Crippen LogP contribution in [0.5, 0.6) is 0 Å². The molecular weight excluding hydrogens is 252 g/mol. The Hall–Kier alpha value is -0.480. The predicted molar refractivity (Wildman–Crippen MR) is 93.2 cm³/mol. The summed E-state index contributed by atoms with van der Waals surface area (Å²) in [6, 6.07) is 0. The van der Waals surface area contributed by atoms with Crippen LogP contribution in [0.2, 0.25) is 0 Å². The molecule has 2 fully saturated rings. The van der Waals surface area contributed by atoms with Gasteiger partial charge in [0.1, 0.15) is 0 Å². The van der Waals surface area contributed by atoms with Crippen LogP contribution < -0.4 is 0 Å². The molecule has 0 nitrogen and oxygen atoms in total. The van der Waals surface area contributed by atoms with Gasteiger partial charge in [0.25, 0.3) is 0 Å². The fraction of sp³-hybridized carbons (Fsp3) is 0.857. The van der Waals surface area contributed by atoms with Gasteiger partial charge in [0.2, 0.25) is 0 Å². The average Bonchev–Trinajstić information content (AvgIpc) is 2.74. The summed E-state index contributed by atoms with van der Waals surface area (Å²) >= 11 is 0. The van der Waals surface area contributed by atoms with Crippen molar-refractivity contribution < 1.29 is 0 Å². The van der Waals surface area contributed by atoms with Gasteiger partial charge in [-0.1, -0.05) is 41.2 Å². The van der Waals surface area contributed by atoms with E-state index in [0.29, 0.717) is 5.41 Å². The van der Waals surface area contributed by atoms with Crippen molar-refractivity contribution in [2.24, 2.45) is 35.0 Å². The first-order chi connectivity index (χ1) is 9.88. The van der Waals surface area contributed by atoms with Gasteiger partial charge in [-0.15, -0.1) is 5.73 Å². The van der Waals surface area contributed by atoms with Gasteiger partial charge in [0.15, 0.2) is 0 Å². The topological polar surface area (TPSA) is 0 Å². The van der Waals surface area contributed by atoms with Crippen LogP contribution in [0.25, 0.3) is 0 Å². The smallest absolute Gasteiger partial charge is 0.00705 e. The van der Waals surface area contributed by atoms with Gasteiger partial charge in [0, 0.05) is 0 Å². The molecule has 5 atom stereocenters. The normalized spacial score (nSPS) is 35.4. The molecule has 0 spiro atoms. The summed E-state index contributed by atoms with van der Waals surface area (Å²) in [6.07, 6.45) is 9.66. The predicted octanol–water partition coefficient (Wildman–Crippen LogP) is 6.62. The first-order valence-corrected chi connectivity index (χ1v) is 9.27. The van der Waals surface area contributed by atoms with Gasteiger partial charge in [-0.3, -0.25) is 0 Å². The van der Waals surface area contributed by atoms with Crippen LogP contribution in [-0.4, -0.2) is 0 Å². The highest BCUT2D eigenvalue weighted by molar-refractivity contribution is 5.17. The number of fused-ring (bicyclic) bond motifs is 1. The van der Waals surface area contributed by atoms with Crippen LogP contribution in [0.1, 0.15) is 79.6 Å². The van der Waals surface area contributed by atoms with E-state index in [-0.39, 0.29) is 0 Å². The quantitative estimate of drug-likeness (QED) is 0.498. The molecule has 0 amide bonds. The van der Waals surface area contributed by atoms with E-state index in [1.54, 1.807) is 5.57 Å². The van der Waals surface area contributed by atoms with Crippen LogP contribution in [0.15, 0.2) is 17.9 Å². The molecule has 120 valence electrons. The van der Waals surface area contributed by atoms with E-state index in [1.165, 1.54) is 44.9 Å². The van der Waals surface area contributed by atoms with Crippen molar-refractivity contribution >= 4 is 0 Å². The third-order valence-corrected chi connectivity index (χ3v) is 6.55. The molecule has 2 aliphatic carbocycles. The zero-order valence-corrected chi connectivity index (χ0v) is 15.0. The molecule has 0 heterocycles. The summed E-state index contributed by atoms with van der Waals surface area (Å²) in [7, 11) is 0. The molecule has 0 radical (unpaired) electrons.